The molecular formula is C24H31ClN2O2. The SMILES string of the molecule is CC[C@@H](C)NC(=O)[C@@H](C)N(Cc1ccc(Cl)cc1)C(=O)Cc1cc(C)cc(C)c1. The molecule has 0 bridgehead atoms. The van der Waals surface area contributed by atoms with Crippen molar-refractivity contribution in [1.82, 2.24) is 10.2 Å². The fourth-order valence-corrected chi connectivity index (χ4v) is 3.41. The molecule has 5 heteroatoms. The Hall–Kier alpha value is -2.33. The number of benzene rings is 2. The van der Waals surface area contributed by atoms with E-state index in [4.69, 9.17) is 11.6 Å². The molecule has 0 radical (unpaired) electrons. The molecule has 2 atom stereocenters. The lowest BCUT2D eigenvalue weighted by Gasteiger charge is -2.30. The zero-order valence-corrected chi connectivity index (χ0v) is 18.7. The Labute approximate surface area is 179 Å². The highest BCUT2D eigenvalue weighted by Gasteiger charge is 2.26. The maximum absolute atomic E-state index is 13.2. The van der Waals surface area contributed by atoms with Gasteiger partial charge in [0, 0.05) is 17.6 Å². The number of hydrogen-bond acceptors (Lipinski definition) is 2. The number of carbonyl (C=O) groups excluding carboxylic acids is 2. The van der Waals surface area contributed by atoms with Crippen molar-refractivity contribution in [3.05, 3.63) is 69.7 Å². The summed E-state index contributed by atoms with van der Waals surface area (Å²) in [7, 11) is 0. The summed E-state index contributed by atoms with van der Waals surface area (Å²) in [5.74, 6) is -0.209. The van der Waals surface area contributed by atoms with Gasteiger partial charge in [0.25, 0.3) is 0 Å². The van der Waals surface area contributed by atoms with E-state index in [2.05, 4.69) is 11.4 Å². The number of aryl methyl sites for hydroxylation is 2. The van der Waals surface area contributed by atoms with E-state index in [1.54, 1.807) is 24.0 Å². The average molecular weight is 415 g/mol. The van der Waals surface area contributed by atoms with Crippen molar-refractivity contribution in [1.29, 1.82) is 0 Å². The van der Waals surface area contributed by atoms with Crippen LogP contribution in [0.3, 0.4) is 0 Å². The third kappa shape index (κ3) is 6.90. The van der Waals surface area contributed by atoms with E-state index in [-0.39, 0.29) is 24.3 Å². The Balaban J connectivity index is 2.25. The summed E-state index contributed by atoms with van der Waals surface area (Å²) < 4.78 is 0. The number of hydrogen-bond donors (Lipinski definition) is 1. The minimum absolute atomic E-state index is 0.0665. The highest BCUT2D eigenvalue weighted by molar-refractivity contribution is 6.30. The molecule has 1 N–H and O–H groups in total. The van der Waals surface area contributed by atoms with Crippen LogP contribution in [0.1, 0.15) is 49.4 Å². The summed E-state index contributed by atoms with van der Waals surface area (Å²) in [5.41, 5.74) is 4.15. The zero-order chi connectivity index (χ0) is 21.6. The van der Waals surface area contributed by atoms with Gasteiger partial charge in [-0.15, -0.1) is 0 Å². The van der Waals surface area contributed by atoms with Crippen LogP contribution in [-0.2, 0) is 22.6 Å². The van der Waals surface area contributed by atoms with Gasteiger partial charge in [0.05, 0.1) is 6.42 Å². The molecule has 0 heterocycles. The summed E-state index contributed by atoms with van der Waals surface area (Å²) in [5, 5.41) is 3.63. The standard InChI is InChI=1S/C24H31ClN2O2/c1-6-18(4)26-24(29)19(5)27(15-20-7-9-22(25)10-8-20)23(28)14-21-12-16(2)11-17(3)13-21/h7-13,18-19H,6,14-15H2,1-5H3,(H,26,29)/t18-,19-/m1/s1. The second kappa shape index (κ2) is 10.4. The molecule has 0 fully saturated rings. The molecule has 2 amide bonds. The smallest absolute Gasteiger partial charge is 0.242 e. The molecule has 0 aliphatic rings. The molecule has 0 aliphatic carbocycles. The lowest BCUT2D eigenvalue weighted by Crippen LogP contribution is -2.49. The van der Waals surface area contributed by atoms with E-state index in [0.29, 0.717) is 11.6 Å². The van der Waals surface area contributed by atoms with Crippen molar-refractivity contribution in [2.45, 2.75) is 66.1 Å². The largest absolute Gasteiger partial charge is 0.352 e. The predicted molar refractivity (Wildman–Crippen MR) is 119 cm³/mol. The molecule has 0 aromatic heterocycles. The Morgan fingerprint density at radius 3 is 2.14 bits per heavy atom. The van der Waals surface area contributed by atoms with E-state index in [1.165, 1.54) is 0 Å². The van der Waals surface area contributed by atoms with Gasteiger partial charge in [0.1, 0.15) is 6.04 Å². The molecule has 2 rings (SSSR count). The first-order valence-electron chi connectivity index (χ1n) is 10.1. The van der Waals surface area contributed by atoms with Crippen LogP contribution in [0.5, 0.6) is 0 Å². The monoisotopic (exact) mass is 414 g/mol. The van der Waals surface area contributed by atoms with Crippen molar-refractivity contribution in [2.24, 2.45) is 0 Å². The summed E-state index contributed by atoms with van der Waals surface area (Å²) in [6, 6.07) is 13.0. The number of nitrogens with one attached hydrogen (secondary N) is 1. The van der Waals surface area contributed by atoms with Gasteiger partial charge in [-0.3, -0.25) is 9.59 Å². The summed E-state index contributed by atoms with van der Waals surface area (Å²) in [6.45, 7) is 10.2. The summed E-state index contributed by atoms with van der Waals surface area (Å²) >= 11 is 5.99. The Kier molecular flexibility index (Phi) is 8.27. The van der Waals surface area contributed by atoms with Gasteiger partial charge in [-0.05, 0) is 57.4 Å². The maximum atomic E-state index is 13.2. The fourth-order valence-electron chi connectivity index (χ4n) is 3.28. The van der Waals surface area contributed by atoms with Crippen molar-refractivity contribution in [3.8, 4) is 0 Å². The lowest BCUT2D eigenvalue weighted by molar-refractivity contribution is -0.140. The topological polar surface area (TPSA) is 49.4 Å². The first-order valence-corrected chi connectivity index (χ1v) is 10.5. The molecule has 156 valence electrons. The quantitative estimate of drug-likeness (QED) is 0.672. The van der Waals surface area contributed by atoms with Crippen LogP contribution in [0, 0.1) is 13.8 Å². The Morgan fingerprint density at radius 1 is 1.00 bits per heavy atom. The number of halogens is 1. The minimum Gasteiger partial charge on any atom is -0.352 e. The third-order valence-corrected chi connectivity index (χ3v) is 5.32. The van der Waals surface area contributed by atoms with Crippen LogP contribution in [0.25, 0.3) is 0 Å². The summed E-state index contributed by atoms with van der Waals surface area (Å²) in [4.78, 5) is 27.6. The summed E-state index contributed by atoms with van der Waals surface area (Å²) in [6.07, 6.45) is 1.10. The maximum Gasteiger partial charge on any atom is 0.242 e. The normalized spacial score (nSPS) is 12.9. The molecule has 0 saturated carbocycles. The number of rotatable bonds is 8. The highest BCUT2D eigenvalue weighted by atomic mass is 35.5. The highest BCUT2D eigenvalue weighted by Crippen LogP contribution is 2.16. The van der Waals surface area contributed by atoms with Gasteiger partial charge in [0.2, 0.25) is 11.8 Å². The van der Waals surface area contributed by atoms with E-state index in [1.807, 2.05) is 52.0 Å². The number of amides is 2. The van der Waals surface area contributed by atoms with Crippen molar-refractivity contribution >= 4 is 23.4 Å². The van der Waals surface area contributed by atoms with Crippen LogP contribution in [-0.4, -0.2) is 28.8 Å². The van der Waals surface area contributed by atoms with E-state index >= 15 is 0 Å². The van der Waals surface area contributed by atoms with Crippen LogP contribution in [0.15, 0.2) is 42.5 Å². The van der Waals surface area contributed by atoms with Crippen LogP contribution in [0.2, 0.25) is 5.02 Å². The second-order valence-corrected chi connectivity index (χ2v) is 8.25. The van der Waals surface area contributed by atoms with E-state index < -0.39 is 6.04 Å². The van der Waals surface area contributed by atoms with Gasteiger partial charge in [-0.2, -0.15) is 0 Å². The van der Waals surface area contributed by atoms with Gasteiger partial charge in [-0.25, -0.2) is 0 Å². The molecule has 29 heavy (non-hydrogen) atoms. The van der Waals surface area contributed by atoms with Crippen molar-refractivity contribution in [3.63, 3.8) is 0 Å². The van der Waals surface area contributed by atoms with Crippen molar-refractivity contribution < 1.29 is 9.59 Å². The third-order valence-electron chi connectivity index (χ3n) is 5.07. The van der Waals surface area contributed by atoms with E-state index in [0.717, 1.165) is 28.7 Å². The van der Waals surface area contributed by atoms with Crippen LogP contribution < -0.4 is 5.32 Å². The first-order chi connectivity index (χ1) is 13.7. The first kappa shape index (κ1) is 23.0. The molecule has 2 aromatic rings. The van der Waals surface area contributed by atoms with Gasteiger partial charge in [0.15, 0.2) is 0 Å². The minimum atomic E-state index is -0.571. The van der Waals surface area contributed by atoms with Crippen molar-refractivity contribution in [2.75, 3.05) is 0 Å². The molecule has 4 nitrogen and oxygen atoms in total. The Morgan fingerprint density at radius 2 is 1.59 bits per heavy atom. The molecule has 0 aliphatic heterocycles. The van der Waals surface area contributed by atoms with Gasteiger partial charge < -0.3 is 10.2 Å². The number of carbonyl (C=O) groups is 2. The van der Waals surface area contributed by atoms with Crippen LogP contribution in [0.4, 0.5) is 0 Å². The predicted octanol–water partition coefficient (Wildman–Crippen LogP) is 4.83. The second-order valence-electron chi connectivity index (χ2n) is 7.81. The van der Waals surface area contributed by atoms with Crippen LogP contribution >= 0.6 is 11.6 Å². The van der Waals surface area contributed by atoms with E-state index in [9.17, 15) is 9.59 Å². The molecule has 0 saturated heterocycles. The lowest BCUT2D eigenvalue weighted by atomic mass is 10.0. The number of nitrogens with zero attached hydrogens (tertiary/aromatic N) is 1. The molecule has 0 spiro atoms. The Bertz CT molecular complexity index is 828. The zero-order valence-electron chi connectivity index (χ0n) is 18.0. The fraction of sp³-hybridized carbons (Fsp3) is 0.417. The average Bonchev–Trinajstić information content (AvgIpc) is 2.65. The molecular weight excluding hydrogens is 384 g/mol. The van der Waals surface area contributed by atoms with Gasteiger partial charge >= 0.3 is 0 Å². The van der Waals surface area contributed by atoms with Gasteiger partial charge in [-0.1, -0.05) is 60.0 Å². The molecule has 2 aromatic carbocycles. The molecule has 0 unspecified atom stereocenters.